The number of fused-ring (bicyclic) bond motifs is 1. The summed E-state index contributed by atoms with van der Waals surface area (Å²) in [7, 11) is 1.58. The highest BCUT2D eigenvalue weighted by molar-refractivity contribution is 7.07. The van der Waals surface area contributed by atoms with E-state index in [4.69, 9.17) is 30.8 Å². The molecule has 7 nitrogen and oxygen atoms in total. The third-order valence-electron chi connectivity index (χ3n) is 6.42. The fraction of sp³-hybridized carbons (Fsp3) is 0.156. The van der Waals surface area contributed by atoms with Gasteiger partial charge in [-0.2, -0.15) is 0 Å². The number of thiazole rings is 1. The van der Waals surface area contributed by atoms with Gasteiger partial charge in [-0.3, -0.25) is 9.36 Å². The van der Waals surface area contributed by atoms with Crippen molar-refractivity contribution in [1.82, 2.24) is 4.57 Å². The highest BCUT2D eigenvalue weighted by Gasteiger charge is 2.35. The number of halogens is 1. The minimum atomic E-state index is -0.788. The van der Waals surface area contributed by atoms with E-state index in [1.807, 2.05) is 42.5 Å². The lowest BCUT2D eigenvalue weighted by molar-refractivity contribution is -0.138. The van der Waals surface area contributed by atoms with Crippen molar-refractivity contribution < 1.29 is 19.0 Å². The van der Waals surface area contributed by atoms with Gasteiger partial charge in [0.05, 0.1) is 35.6 Å². The van der Waals surface area contributed by atoms with E-state index in [-0.39, 0.29) is 17.7 Å². The SMILES string of the molecule is C=CCOc1ccc(Cl)cc1/C=c1\sc2n(c1=O)[C@H](c1ccc(OC)cc1)C(C(=O)OCC)=C(c1ccccc1)N=2. The molecule has 3 aromatic carbocycles. The molecule has 0 unspecified atom stereocenters. The zero-order chi connectivity index (χ0) is 28.9. The van der Waals surface area contributed by atoms with Crippen molar-refractivity contribution >= 4 is 40.7 Å². The molecule has 1 aliphatic rings. The van der Waals surface area contributed by atoms with Crippen molar-refractivity contribution in [2.45, 2.75) is 13.0 Å². The molecule has 208 valence electrons. The molecule has 0 saturated heterocycles. The summed E-state index contributed by atoms with van der Waals surface area (Å²) in [4.78, 5) is 33.0. The molecule has 1 aliphatic heterocycles. The maximum atomic E-state index is 14.1. The largest absolute Gasteiger partial charge is 0.497 e. The van der Waals surface area contributed by atoms with Crippen LogP contribution >= 0.6 is 22.9 Å². The maximum Gasteiger partial charge on any atom is 0.338 e. The third kappa shape index (κ3) is 5.75. The zero-order valence-electron chi connectivity index (χ0n) is 22.5. The Balaban J connectivity index is 1.80. The van der Waals surface area contributed by atoms with E-state index in [0.717, 1.165) is 5.56 Å². The maximum absolute atomic E-state index is 14.1. The van der Waals surface area contributed by atoms with Gasteiger partial charge in [-0.25, -0.2) is 9.79 Å². The number of hydrogen-bond acceptors (Lipinski definition) is 7. The van der Waals surface area contributed by atoms with Crippen LogP contribution < -0.4 is 24.4 Å². The number of carbonyl (C=O) groups is 1. The van der Waals surface area contributed by atoms with Gasteiger partial charge in [-0.15, -0.1) is 0 Å². The number of carbonyl (C=O) groups excluding carboxylic acids is 1. The Hall–Kier alpha value is -4.40. The minimum absolute atomic E-state index is 0.173. The van der Waals surface area contributed by atoms with Crippen LogP contribution in [-0.4, -0.2) is 30.9 Å². The summed E-state index contributed by atoms with van der Waals surface area (Å²) in [6.07, 6.45) is 3.37. The molecule has 0 amide bonds. The van der Waals surface area contributed by atoms with Gasteiger partial charge in [-0.05, 0) is 48.9 Å². The van der Waals surface area contributed by atoms with Gasteiger partial charge in [0, 0.05) is 16.1 Å². The third-order valence-corrected chi connectivity index (χ3v) is 7.64. The second kappa shape index (κ2) is 12.4. The summed E-state index contributed by atoms with van der Waals surface area (Å²) in [5, 5.41) is 0.502. The summed E-state index contributed by atoms with van der Waals surface area (Å²) in [5.41, 5.74) is 2.51. The topological polar surface area (TPSA) is 79.1 Å². The van der Waals surface area contributed by atoms with Crippen LogP contribution in [0.1, 0.15) is 29.7 Å². The van der Waals surface area contributed by atoms with Crippen molar-refractivity contribution in [2.75, 3.05) is 20.3 Å². The summed E-state index contributed by atoms with van der Waals surface area (Å²) < 4.78 is 18.6. The number of hydrogen-bond donors (Lipinski definition) is 0. The van der Waals surface area contributed by atoms with Crippen LogP contribution in [-0.2, 0) is 9.53 Å². The van der Waals surface area contributed by atoms with Crippen molar-refractivity contribution in [3.63, 3.8) is 0 Å². The lowest BCUT2D eigenvalue weighted by Gasteiger charge is -2.26. The van der Waals surface area contributed by atoms with Gasteiger partial charge >= 0.3 is 5.97 Å². The molecule has 1 aromatic heterocycles. The van der Waals surface area contributed by atoms with Crippen LogP contribution in [0.25, 0.3) is 11.8 Å². The molecular weight excluding hydrogens is 560 g/mol. The molecule has 9 heteroatoms. The first-order valence-corrected chi connectivity index (χ1v) is 14.1. The lowest BCUT2D eigenvalue weighted by Crippen LogP contribution is -2.40. The van der Waals surface area contributed by atoms with E-state index < -0.39 is 12.0 Å². The molecule has 0 N–H and O–H groups in total. The van der Waals surface area contributed by atoms with Crippen LogP contribution in [0.4, 0.5) is 0 Å². The summed E-state index contributed by atoms with van der Waals surface area (Å²) in [6.45, 7) is 5.92. The fourth-order valence-electron chi connectivity index (χ4n) is 4.60. The second-order valence-corrected chi connectivity index (χ2v) is 10.4. The highest BCUT2D eigenvalue weighted by atomic mass is 35.5. The summed E-state index contributed by atoms with van der Waals surface area (Å²) in [6, 6.07) is 21.1. The van der Waals surface area contributed by atoms with Crippen molar-refractivity contribution in [2.24, 2.45) is 4.99 Å². The Kier molecular flexibility index (Phi) is 8.52. The Morgan fingerprint density at radius 1 is 1.12 bits per heavy atom. The molecule has 0 aliphatic carbocycles. The Labute approximate surface area is 245 Å². The first-order chi connectivity index (χ1) is 19.9. The Morgan fingerprint density at radius 3 is 2.56 bits per heavy atom. The highest BCUT2D eigenvalue weighted by Crippen LogP contribution is 2.35. The molecule has 0 fully saturated rings. The number of ether oxygens (including phenoxy) is 3. The quantitative estimate of drug-likeness (QED) is 0.200. The average molecular weight is 587 g/mol. The molecule has 0 bridgehead atoms. The van der Waals surface area contributed by atoms with Crippen LogP contribution in [0.3, 0.4) is 0 Å². The molecule has 0 saturated carbocycles. The zero-order valence-corrected chi connectivity index (χ0v) is 24.1. The number of benzene rings is 3. The van der Waals surface area contributed by atoms with Crippen molar-refractivity contribution in [3.8, 4) is 11.5 Å². The molecule has 5 rings (SSSR count). The van der Waals surface area contributed by atoms with Gasteiger partial charge < -0.3 is 14.2 Å². The van der Waals surface area contributed by atoms with E-state index in [0.29, 0.717) is 49.3 Å². The Morgan fingerprint density at radius 2 is 1.88 bits per heavy atom. The van der Waals surface area contributed by atoms with E-state index in [9.17, 15) is 9.59 Å². The van der Waals surface area contributed by atoms with Gasteiger partial charge in [0.2, 0.25) is 0 Å². The smallest absolute Gasteiger partial charge is 0.338 e. The number of esters is 1. The van der Waals surface area contributed by atoms with E-state index in [2.05, 4.69) is 6.58 Å². The number of aromatic nitrogens is 1. The molecule has 41 heavy (non-hydrogen) atoms. The van der Waals surface area contributed by atoms with Gasteiger partial charge in [0.15, 0.2) is 4.80 Å². The van der Waals surface area contributed by atoms with Crippen LogP contribution in [0, 0.1) is 0 Å². The van der Waals surface area contributed by atoms with Gasteiger partial charge in [-0.1, -0.05) is 78.1 Å². The van der Waals surface area contributed by atoms with E-state index in [1.54, 1.807) is 61.1 Å². The number of methoxy groups -OCH3 is 1. The van der Waals surface area contributed by atoms with Crippen molar-refractivity contribution in [1.29, 1.82) is 0 Å². The lowest BCUT2D eigenvalue weighted by atomic mass is 9.93. The van der Waals surface area contributed by atoms with Crippen molar-refractivity contribution in [3.05, 3.63) is 132 Å². The number of nitrogens with zero attached hydrogens (tertiary/aromatic N) is 2. The van der Waals surface area contributed by atoms with Crippen LogP contribution in [0.2, 0.25) is 5.02 Å². The molecular formula is C32H27ClN2O5S. The van der Waals surface area contributed by atoms with Gasteiger partial charge in [0.1, 0.15) is 18.1 Å². The Bertz CT molecular complexity index is 1810. The average Bonchev–Trinajstić information content (AvgIpc) is 3.30. The van der Waals surface area contributed by atoms with Gasteiger partial charge in [0.25, 0.3) is 5.56 Å². The molecule has 1 atom stereocenters. The molecule has 2 heterocycles. The first kappa shape index (κ1) is 28.1. The van der Waals surface area contributed by atoms with Crippen LogP contribution in [0.5, 0.6) is 11.5 Å². The fourth-order valence-corrected chi connectivity index (χ4v) is 5.77. The predicted molar refractivity (Wildman–Crippen MR) is 161 cm³/mol. The molecule has 4 aromatic rings. The second-order valence-electron chi connectivity index (χ2n) is 8.99. The normalized spacial score (nSPS) is 14.7. The molecule has 0 spiro atoms. The number of rotatable bonds is 9. The van der Waals surface area contributed by atoms with E-state index in [1.165, 1.54) is 11.3 Å². The predicted octanol–water partition coefficient (Wildman–Crippen LogP) is 5.16. The molecule has 0 radical (unpaired) electrons. The summed E-state index contributed by atoms with van der Waals surface area (Å²) >= 11 is 7.52. The van der Waals surface area contributed by atoms with Crippen LogP contribution in [0.15, 0.2) is 101 Å². The minimum Gasteiger partial charge on any atom is -0.497 e. The monoisotopic (exact) mass is 586 g/mol. The standard InChI is InChI=1S/C32H27ClN2O5S/c1-4-17-40-25-16-13-23(33)18-22(25)19-26-30(36)35-29(21-11-14-24(38-3)15-12-21)27(31(37)39-5-2)28(34-32(35)41-26)20-9-7-6-8-10-20/h4,6-16,18-19,29H,1,5,17H2,2-3H3/b26-19-/t29-/m1/s1. The first-order valence-electron chi connectivity index (χ1n) is 12.9. The summed E-state index contributed by atoms with van der Waals surface area (Å²) in [5.74, 6) is 0.670. The van der Waals surface area contributed by atoms with E-state index >= 15 is 0 Å².